The number of anilines is 2. The quantitative estimate of drug-likeness (QED) is 0.606. The van der Waals surface area contributed by atoms with E-state index >= 15 is 0 Å². The molecule has 156 valence electrons. The van der Waals surface area contributed by atoms with E-state index in [2.05, 4.69) is 43.8 Å². The maximum absolute atomic E-state index is 14.1. The number of unbranched alkanes of at least 4 members (excludes halogenated alkanes) is 1. The highest BCUT2D eigenvalue weighted by Gasteiger charge is 2.22. The minimum absolute atomic E-state index is 0.120. The number of halogens is 1. The molecule has 30 heavy (non-hydrogen) atoms. The van der Waals surface area contributed by atoms with Crippen LogP contribution in [0.4, 0.5) is 15.9 Å². The van der Waals surface area contributed by atoms with Crippen molar-refractivity contribution in [3.63, 3.8) is 0 Å². The van der Waals surface area contributed by atoms with Crippen LogP contribution < -0.4 is 10.2 Å². The summed E-state index contributed by atoms with van der Waals surface area (Å²) >= 11 is 1.58. The van der Waals surface area contributed by atoms with E-state index in [0.29, 0.717) is 12.1 Å². The van der Waals surface area contributed by atoms with Crippen molar-refractivity contribution in [2.75, 3.05) is 42.9 Å². The van der Waals surface area contributed by atoms with E-state index in [1.54, 1.807) is 17.6 Å². The monoisotopic (exact) mass is 424 g/mol. The fourth-order valence-corrected chi connectivity index (χ4v) is 5.25. The number of nitrogens with one attached hydrogen (secondary N) is 1. The number of nitrogens with zero attached hydrogens (tertiary/aromatic N) is 3. The van der Waals surface area contributed by atoms with Crippen molar-refractivity contribution in [2.45, 2.75) is 25.7 Å². The summed E-state index contributed by atoms with van der Waals surface area (Å²) in [7, 11) is 0. The summed E-state index contributed by atoms with van der Waals surface area (Å²) in [5.74, 6) is 0.701. The molecule has 0 aliphatic carbocycles. The summed E-state index contributed by atoms with van der Waals surface area (Å²) in [6, 6.07) is 12.0. The maximum atomic E-state index is 14.1. The molecule has 1 saturated heterocycles. The Morgan fingerprint density at radius 1 is 1.10 bits per heavy atom. The number of carbonyl (C=O) groups excluding carboxylic acids is 1. The van der Waals surface area contributed by atoms with E-state index in [9.17, 15) is 9.18 Å². The molecule has 0 atom stereocenters. The van der Waals surface area contributed by atoms with E-state index in [1.165, 1.54) is 10.1 Å². The lowest BCUT2D eigenvalue weighted by atomic mass is 10.0. The first kappa shape index (κ1) is 19.5. The standard InChI is InChI=1S/C23H25FN4OS/c24-19-14-16(13-17-15-21(29)25-22(17)19)5-3-4-8-27-9-11-28(12-10-27)23-18-6-1-2-7-20(18)30-26-23/h1-2,6-7,13-14H,3-5,8-12,15H2,(H,25,29). The highest BCUT2D eigenvalue weighted by atomic mass is 32.1. The zero-order valence-corrected chi connectivity index (χ0v) is 17.7. The number of aryl methyl sites for hydroxylation is 1. The van der Waals surface area contributed by atoms with E-state index in [4.69, 9.17) is 0 Å². The number of aromatic nitrogens is 1. The SMILES string of the molecule is O=C1Cc2cc(CCCCN3CCN(c4nsc5ccccc45)CC3)cc(F)c2N1. The Balaban J connectivity index is 1.09. The van der Waals surface area contributed by atoms with Crippen LogP contribution in [0.3, 0.4) is 0 Å². The van der Waals surface area contributed by atoms with Crippen molar-refractivity contribution >= 4 is 39.0 Å². The van der Waals surface area contributed by atoms with E-state index in [1.807, 2.05) is 6.07 Å². The van der Waals surface area contributed by atoms with E-state index in [-0.39, 0.29) is 11.7 Å². The predicted octanol–water partition coefficient (Wildman–Crippen LogP) is 4.07. The normalized spacial score (nSPS) is 16.8. The van der Waals surface area contributed by atoms with Crippen LogP contribution in [0.2, 0.25) is 0 Å². The van der Waals surface area contributed by atoms with Crippen LogP contribution >= 0.6 is 11.5 Å². The number of hydrogen-bond acceptors (Lipinski definition) is 5. The molecule has 5 nitrogen and oxygen atoms in total. The first-order valence-corrected chi connectivity index (χ1v) is 11.4. The Morgan fingerprint density at radius 2 is 1.93 bits per heavy atom. The molecular weight excluding hydrogens is 399 g/mol. The van der Waals surface area contributed by atoms with Gasteiger partial charge in [-0.2, -0.15) is 4.37 Å². The Labute approximate surface area is 179 Å². The van der Waals surface area contributed by atoms with Gasteiger partial charge in [-0.3, -0.25) is 9.69 Å². The Morgan fingerprint density at radius 3 is 2.80 bits per heavy atom. The van der Waals surface area contributed by atoms with Crippen LogP contribution in [0, 0.1) is 5.82 Å². The topological polar surface area (TPSA) is 48.5 Å². The van der Waals surface area contributed by atoms with Crippen LogP contribution in [-0.4, -0.2) is 47.9 Å². The largest absolute Gasteiger partial charge is 0.353 e. The van der Waals surface area contributed by atoms with Gasteiger partial charge in [-0.15, -0.1) is 0 Å². The molecule has 5 rings (SSSR count). The minimum atomic E-state index is -0.306. The second kappa shape index (κ2) is 8.32. The molecule has 3 heterocycles. The van der Waals surface area contributed by atoms with Crippen molar-refractivity contribution in [2.24, 2.45) is 0 Å². The highest BCUT2D eigenvalue weighted by Crippen LogP contribution is 2.30. The lowest BCUT2D eigenvalue weighted by Crippen LogP contribution is -2.46. The molecule has 2 aliphatic rings. The molecule has 0 bridgehead atoms. The van der Waals surface area contributed by atoms with Crippen molar-refractivity contribution in [3.05, 3.63) is 53.3 Å². The molecule has 1 N–H and O–H groups in total. The summed E-state index contributed by atoms with van der Waals surface area (Å²) in [6.07, 6.45) is 3.26. The van der Waals surface area contributed by atoms with Crippen molar-refractivity contribution in [3.8, 4) is 0 Å². The number of fused-ring (bicyclic) bond motifs is 2. The number of benzene rings is 2. The number of rotatable bonds is 6. The molecule has 7 heteroatoms. The summed E-state index contributed by atoms with van der Waals surface area (Å²) in [6.45, 7) is 5.18. The van der Waals surface area contributed by atoms with Crippen LogP contribution in [0.25, 0.3) is 10.1 Å². The van der Waals surface area contributed by atoms with Crippen molar-refractivity contribution in [1.29, 1.82) is 0 Å². The van der Waals surface area contributed by atoms with Gasteiger partial charge in [0.05, 0.1) is 16.8 Å². The maximum Gasteiger partial charge on any atom is 0.228 e. The van der Waals surface area contributed by atoms with Gasteiger partial charge >= 0.3 is 0 Å². The number of hydrogen-bond donors (Lipinski definition) is 1. The predicted molar refractivity (Wildman–Crippen MR) is 120 cm³/mol. The zero-order chi connectivity index (χ0) is 20.5. The fourth-order valence-electron chi connectivity index (χ4n) is 4.45. The average Bonchev–Trinajstić information content (AvgIpc) is 3.35. The lowest BCUT2D eigenvalue weighted by molar-refractivity contribution is -0.115. The Kier molecular flexibility index (Phi) is 5.39. The summed E-state index contributed by atoms with van der Waals surface area (Å²) in [5, 5.41) is 3.86. The first-order chi connectivity index (χ1) is 14.7. The molecule has 0 radical (unpaired) electrons. The minimum Gasteiger partial charge on any atom is -0.353 e. The first-order valence-electron chi connectivity index (χ1n) is 10.6. The second-order valence-electron chi connectivity index (χ2n) is 8.12. The molecule has 1 amide bonds. The van der Waals surface area contributed by atoms with Crippen molar-refractivity contribution in [1.82, 2.24) is 9.27 Å². The van der Waals surface area contributed by atoms with Gasteiger partial charge in [0.15, 0.2) is 0 Å². The molecule has 0 unspecified atom stereocenters. The zero-order valence-electron chi connectivity index (χ0n) is 16.9. The van der Waals surface area contributed by atoms with Gasteiger partial charge in [0, 0.05) is 31.6 Å². The van der Waals surface area contributed by atoms with E-state index in [0.717, 1.165) is 68.9 Å². The van der Waals surface area contributed by atoms with E-state index < -0.39 is 0 Å². The molecule has 3 aromatic rings. The third-order valence-corrected chi connectivity index (χ3v) is 6.88. The van der Waals surface area contributed by atoms with Gasteiger partial charge in [-0.05, 0) is 66.7 Å². The molecule has 2 aromatic carbocycles. The summed E-state index contributed by atoms with van der Waals surface area (Å²) < 4.78 is 20.1. The smallest absolute Gasteiger partial charge is 0.228 e. The Hall–Kier alpha value is -2.51. The fraction of sp³-hybridized carbons (Fsp3) is 0.391. The third-order valence-electron chi connectivity index (χ3n) is 6.07. The summed E-state index contributed by atoms with van der Waals surface area (Å²) in [5.41, 5.74) is 2.15. The van der Waals surface area contributed by atoms with Gasteiger partial charge in [-0.1, -0.05) is 18.2 Å². The number of amides is 1. The van der Waals surface area contributed by atoms with Gasteiger partial charge in [0.25, 0.3) is 0 Å². The molecule has 0 spiro atoms. The van der Waals surface area contributed by atoms with Crippen LogP contribution in [0.5, 0.6) is 0 Å². The molecular formula is C23H25FN4OS. The highest BCUT2D eigenvalue weighted by molar-refractivity contribution is 7.13. The molecule has 1 aromatic heterocycles. The van der Waals surface area contributed by atoms with Gasteiger partial charge in [-0.25, -0.2) is 4.39 Å². The lowest BCUT2D eigenvalue weighted by Gasteiger charge is -2.35. The number of piperazine rings is 1. The van der Waals surface area contributed by atoms with Crippen LogP contribution in [0.15, 0.2) is 36.4 Å². The third kappa shape index (κ3) is 3.91. The number of carbonyl (C=O) groups is 1. The average molecular weight is 425 g/mol. The molecule has 2 aliphatic heterocycles. The van der Waals surface area contributed by atoms with Crippen LogP contribution in [0.1, 0.15) is 24.0 Å². The van der Waals surface area contributed by atoms with Gasteiger partial charge in [0.1, 0.15) is 11.6 Å². The second-order valence-corrected chi connectivity index (χ2v) is 8.93. The summed E-state index contributed by atoms with van der Waals surface area (Å²) in [4.78, 5) is 16.4. The van der Waals surface area contributed by atoms with Crippen molar-refractivity contribution < 1.29 is 9.18 Å². The molecule has 0 saturated carbocycles. The van der Waals surface area contributed by atoms with Crippen LogP contribution in [-0.2, 0) is 17.6 Å². The van der Waals surface area contributed by atoms with Gasteiger partial charge in [0.2, 0.25) is 5.91 Å². The van der Waals surface area contributed by atoms with Gasteiger partial charge < -0.3 is 10.2 Å². The molecule has 1 fully saturated rings. The Bertz CT molecular complexity index is 1070.